The van der Waals surface area contributed by atoms with E-state index in [9.17, 15) is 14.0 Å². The monoisotopic (exact) mass is 561 g/mol. The molecule has 2 aromatic rings. The predicted molar refractivity (Wildman–Crippen MR) is 158 cm³/mol. The van der Waals surface area contributed by atoms with Gasteiger partial charge in [0.05, 0.1) is 17.7 Å². The molecule has 2 unspecified atom stereocenters. The van der Waals surface area contributed by atoms with Gasteiger partial charge in [-0.3, -0.25) is 14.5 Å². The van der Waals surface area contributed by atoms with Crippen molar-refractivity contribution in [1.29, 1.82) is 0 Å². The van der Waals surface area contributed by atoms with Crippen molar-refractivity contribution < 1.29 is 23.1 Å². The Bertz CT molecular complexity index is 1240. The molecule has 1 aliphatic heterocycles. The molecular weight excluding hydrogens is 520 g/mol. The third kappa shape index (κ3) is 6.38. The lowest BCUT2D eigenvalue weighted by Crippen LogP contribution is -2.40. The summed E-state index contributed by atoms with van der Waals surface area (Å²) >= 11 is 0. The molecule has 0 saturated heterocycles. The molecule has 1 saturated carbocycles. The van der Waals surface area contributed by atoms with Crippen LogP contribution in [0, 0.1) is 5.92 Å². The van der Waals surface area contributed by atoms with Crippen molar-refractivity contribution in [2.75, 3.05) is 13.2 Å². The van der Waals surface area contributed by atoms with E-state index in [-0.39, 0.29) is 24.0 Å². The number of alkyl halides is 2. The number of amides is 2. The lowest BCUT2D eigenvalue weighted by Gasteiger charge is -2.32. The van der Waals surface area contributed by atoms with Crippen LogP contribution in [-0.2, 0) is 4.74 Å². The van der Waals surface area contributed by atoms with E-state index in [1.54, 1.807) is 36.4 Å². The van der Waals surface area contributed by atoms with Crippen molar-refractivity contribution in [3.63, 3.8) is 0 Å². The second kappa shape index (κ2) is 13.2. The maximum atomic E-state index is 16.1. The fourth-order valence-corrected chi connectivity index (χ4v) is 6.60. The zero-order chi connectivity index (χ0) is 28.8. The van der Waals surface area contributed by atoms with E-state index >= 15 is 4.39 Å². The molecule has 0 N–H and O–H groups in total. The lowest BCUT2D eigenvalue weighted by atomic mass is 9.77. The maximum Gasteiger partial charge on any atom is 0.271 e. The first-order chi connectivity index (χ1) is 19.9. The van der Waals surface area contributed by atoms with Gasteiger partial charge in [0.1, 0.15) is 0 Å². The third-order valence-corrected chi connectivity index (χ3v) is 8.97. The number of halogens is 2. The molecule has 2 atom stereocenters. The second-order valence-electron chi connectivity index (χ2n) is 11.7. The largest absolute Gasteiger partial charge is 0.340 e. The average Bonchev–Trinajstić information content (AvgIpc) is 3.24. The highest BCUT2D eigenvalue weighted by Gasteiger charge is 2.45. The smallest absolute Gasteiger partial charge is 0.271 e. The maximum absolute atomic E-state index is 16.1. The van der Waals surface area contributed by atoms with Crippen LogP contribution in [-0.4, -0.2) is 41.9 Å². The third-order valence-electron chi connectivity index (χ3n) is 8.97. The van der Waals surface area contributed by atoms with E-state index in [0.717, 1.165) is 18.8 Å². The van der Waals surface area contributed by atoms with Gasteiger partial charge in [-0.2, -0.15) is 0 Å². The molecule has 4 nitrogen and oxygen atoms in total. The fraction of sp³-hybridized carbons (Fsp3) is 0.486. The number of imide groups is 1. The van der Waals surface area contributed by atoms with Crippen LogP contribution in [0.5, 0.6) is 0 Å². The number of nitrogens with zero attached hydrogens (tertiary/aromatic N) is 1. The summed E-state index contributed by atoms with van der Waals surface area (Å²) in [5.41, 5.74) is 3.04. The number of rotatable bonds is 12. The van der Waals surface area contributed by atoms with Crippen LogP contribution < -0.4 is 0 Å². The zero-order valence-corrected chi connectivity index (χ0v) is 24.0. The Morgan fingerprint density at radius 3 is 2.22 bits per heavy atom. The van der Waals surface area contributed by atoms with Gasteiger partial charge >= 0.3 is 0 Å². The Morgan fingerprint density at radius 1 is 0.902 bits per heavy atom. The minimum absolute atomic E-state index is 0.0776. The quantitative estimate of drug-likeness (QED) is 0.193. The summed E-state index contributed by atoms with van der Waals surface area (Å²) in [4.78, 5) is 26.3. The highest BCUT2D eigenvalue weighted by Crippen LogP contribution is 2.42. The minimum Gasteiger partial charge on any atom is -0.340 e. The number of unbranched alkanes of at least 4 members (excludes halogenated alkanes) is 3. The van der Waals surface area contributed by atoms with Crippen LogP contribution in [0.3, 0.4) is 0 Å². The number of carbonyl (C=O) groups is 2. The van der Waals surface area contributed by atoms with Crippen LogP contribution >= 0.6 is 0 Å². The molecular formula is C35H41F2NO3. The SMILES string of the molecule is CCCC1CCC(c2ccc(C3=CC=CC(F)C3(F)OCCCCCCN3C(=O)c4ccccc4C3=O)cc2)CC1. The molecule has 1 heterocycles. The van der Waals surface area contributed by atoms with Gasteiger partial charge in [-0.25, -0.2) is 8.78 Å². The molecule has 0 spiro atoms. The summed E-state index contributed by atoms with van der Waals surface area (Å²) in [6.45, 7) is 2.68. The molecule has 41 heavy (non-hydrogen) atoms. The van der Waals surface area contributed by atoms with Gasteiger partial charge in [-0.05, 0) is 79.7 Å². The standard InChI is InChI=1S/C35H41F2NO3/c1-2-10-25-15-17-26(18-16-25)27-19-21-28(22-20-27)31-13-9-14-32(36)35(31,37)41-24-8-4-3-7-23-38-33(39)29-11-5-6-12-30(29)34(38)40/h5-6,9,11-14,19-22,25-26,32H,2-4,7-8,10,15-18,23-24H2,1H3. The molecule has 0 aromatic heterocycles. The molecule has 2 amide bonds. The summed E-state index contributed by atoms with van der Waals surface area (Å²) < 4.78 is 36.6. The van der Waals surface area contributed by atoms with E-state index < -0.39 is 12.0 Å². The van der Waals surface area contributed by atoms with Gasteiger partial charge < -0.3 is 4.74 Å². The Morgan fingerprint density at radius 2 is 1.56 bits per heavy atom. The second-order valence-corrected chi connectivity index (χ2v) is 11.7. The molecule has 1 fully saturated rings. The number of benzene rings is 2. The van der Waals surface area contributed by atoms with Crippen molar-refractivity contribution in [2.24, 2.45) is 5.92 Å². The highest BCUT2D eigenvalue weighted by atomic mass is 19.2. The molecule has 0 radical (unpaired) electrons. The Labute approximate surface area is 242 Å². The van der Waals surface area contributed by atoms with E-state index in [1.165, 1.54) is 55.1 Å². The summed E-state index contributed by atoms with van der Waals surface area (Å²) in [6, 6.07) is 14.8. The van der Waals surface area contributed by atoms with Crippen molar-refractivity contribution in [2.45, 2.75) is 89.1 Å². The normalized spacial score (nSPS) is 25.9. The van der Waals surface area contributed by atoms with E-state index in [1.807, 2.05) is 12.1 Å². The number of carbonyl (C=O) groups excluding carboxylic acids is 2. The predicted octanol–water partition coefficient (Wildman–Crippen LogP) is 8.59. The molecule has 6 heteroatoms. The van der Waals surface area contributed by atoms with Crippen LogP contribution in [0.1, 0.15) is 109 Å². The topological polar surface area (TPSA) is 46.6 Å². The number of hydrogen-bond acceptors (Lipinski definition) is 3. The first-order valence-corrected chi connectivity index (χ1v) is 15.3. The average molecular weight is 562 g/mol. The van der Waals surface area contributed by atoms with Gasteiger partial charge in [-0.15, -0.1) is 0 Å². The van der Waals surface area contributed by atoms with Gasteiger partial charge in [0.25, 0.3) is 17.7 Å². The Balaban J connectivity index is 1.09. The summed E-state index contributed by atoms with van der Waals surface area (Å²) in [5, 5.41) is 0. The summed E-state index contributed by atoms with van der Waals surface area (Å²) in [5.74, 6) is -1.65. The number of hydrogen-bond donors (Lipinski definition) is 0. The van der Waals surface area contributed by atoms with E-state index in [2.05, 4.69) is 19.1 Å². The van der Waals surface area contributed by atoms with Crippen molar-refractivity contribution in [3.05, 3.63) is 89.0 Å². The molecule has 218 valence electrons. The summed E-state index contributed by atoms with van der Waals surface area (Å²) in [7, 11) is 0. The number of allylic oxidation sites excluding steroid dienone is 2. The van der Waals surface area contributed by atoms with Crippen molar-refractivity contribution in [3.8, 4) is 0 Å². The van der Waals surface area contributed by atoms with Gasteiger partial charge in [0.15, 0.2) is 6.17 Å². The lowest BCUT2D eigenvalue weighted by molar-refractivity contribution is -0.132. The number of fused-ring (bicyclic) bond motifs is 1. The molecule has 0 bridgehead atoms. The molecule has 5 rings (SSSR count). The molecule has 3 aliphatic rings. The zero-order valence-electron chi connectivity index (χ0n) is 24.0. The highest BCUT2D eigenvalue weighted by molar-refractivity contribution is 6.21. The van der Waals surface area contributed by atoms with Gasteiger partial charge in [0, 0.05) is 12.1 Å². The number of ether oxygens (including phenoxy) is 1. The van der Waals surface area contributed by atoms with Crippen molar-refractivity contribution >= 4 is 17.4 Å². The van der Waals surface area contributed by atoms with Crippen LogP contribution in [0.15, 0.2) is 66.8 Å². The molecule has 2 aliphatic carbocycles. The van der Waals surface area contributed by atoms with Gasteiger partial charge in [0.2, 0.25) is 0 Å². The van der Waals surface area contributed by atoms with Crippen LogP contribution in [0.4, 0.5) is 8.78 Å². The Kier molecular flexibility index (Phi) is 9.49. The summed E-state index contributed by atoms with van der Waals surface area (Å²) in [6.07, 6.45) is 12.6. The fourth-order valence-electron chi connectivity index (χ4n) is 6.60. The first-order valence-electron chi connectivity index (χ1n) is 15.3. The minimum atomic E-state index is -2.53. The first kappa shape index (κ1) is 29.4. The van der Waals surface area contributed by atoms with E-state index in [4.69, 9.17) is 4.74 Å². The van der Waals surface area contributed by atoms with E-state index in [0.29, 0.717) is 42.0 Å². The van der Waals surface area contributed by atoms with Crippen LogP contribution in [0.25, 0.3) is 5.57 Å². The van der Waals surface area contributed by atoms with Crippen molar-refractivity contribution in [1.82, 2.24) is 4.90 Å². The van der Waals surface area contributed by atoms with Crippen LogP contribution in [0.2, 0.25) is 0 Å². The molecule has 2 aromatic carbocycles. The Hall–Kier alpha value is -3.12. The van der Waals surface area contributed by atoms with Gasteiger partial charge in [-0.1, -0.05) is 81.2 Å².